The molecule has 36 heavy (non-hydrogen) atoms. The van der Waals surface area contributed by atoms with E-state index in [-0.39, 0.29) is 24.6 Å². The molecule has 190 valence electrons. The van der Waals surface area contributed by atoms with E-state index in [1.54, 1.807) is 24.5 Å². The number of β-amino-alcohol motifs (C(OH)–C–C–N with tert-alkyl or cyclic N) is 1. The fourth-order valence-electron chi connectivity index (χ4n) is 4.63. The smallest absolute Gasteiger partial charge is 0.181 e. The second-order valence-electron chi connectivity index (χ2n) is 9.60. The highest BCUT2D eigenvalue weighted by Crippen LogP contribution is 2.28. The zero-order valence-corrected chi connectivity index (χ0v) is 20.2. The summed E-state index contributed by atoms with van der Waals surface area (Å²) in [7, 11) is 0. The van der Waals surface area contributed by atoms with Gasteiger partial charge in [-0.1, -0.05) is 0 Å². The third kappa shape index (κ3) is 6.09. The molecule has 1 aliphatic heterocycles. The van der Waals surface area contributed by atoms with Crippen LogP contribution in [0.3, 0.4) is 0 Å². The molecule has 2 N–H and O–H groups in total. The number of Topliss-reactive ketones (excluding diaryl/α,β-unsaturated/α-hetero) is 1. The van der Waals surface area contributed by atoms with Crippen molar-refractivity contribution in [2.75, 3.05) is 18.4 Å². The van der Waals surface area contributed by atoms with Crippen LogP contribution >= 0.6 is 0 Å². The first kappa shape index (κ1) is 24.4. The minimum Gasteiger partial charge on any atom is -0.485 e. The second-order valence-corrected chi connectivity index (χ2v) is 9.60. The number of pyridine rings is 1. The molecule has 0 saturated heterocycles. The Bertz CT molecular complexity index is 1180. The van der Waals surface area contributed by atoms with Crippen LogP contribution in [-0.2, 0) is 19.6 Å². The van der Waals surface area contributed by atoms with E-state index < -0.39 is 6.10 Å². The summed E-state index contributed by atoms with van der Waals surface area (Å²) < 4.78 is 25.6. The summed E-state index contributed by atoms with van der Waals surface area (Å²) in [5, 5.41) is 13.9. The van der Waals surface area contributed by atoms with Crippen molar-refractivity contribution in [3.05, 3.63) is 71.3 Å². The number of halogens is 1. The first-order valence-corrected chi connectivity index (χ1v) is 12.5. The lowest BCUT2D eigenvalue weighted by molar-refractivity contribution is 0.0833. The van der Waals surface area contributed by atoms with E-state index in [1.807, 2.05) is 11.0 Å². The highest BCUT2D eigenvalue weighted by Gasteiger charge is 2.23. The lowest BCUT2D eigenvalue weighted by Gasteiger charge is -2.31. The van der Waals surface area contributed by atoms with Crippen molar-refractivity contribution in [2.45, 2.75) is 63.8 Å². The van der Waals surface area contributed by atoms with Crippen molar-refractivity contribution < 1.29 is 23.4 Å². The number of rotatable bonds is 11. The van der Waals surface area contributed by atoms with Gasteiger partial charge in [-0.25, -0.2) is 14.4 Å². The van der Waals surface area contributed by atoms with Crippen LogP contribution in [0.4, 0.5) is 10.2 Å². The average Bonchev–Trinajstić information content (AvgIpc) is 3.38. The van der Waals surface area contributed by atoms with Crippen LogP contribution in [0.5, 0.6) is 5.75 Å². The molecule has 2 aromatic heterocycles. The Morgan fingerprint density at radius 2 is 2.22 bits per heavy atom. The molecular formula is C27H31FN4O4. The van der Waals surface area contributed by atoms with E-state index in [4.69, 9.17) is 9.15 Å². The van der Waals surface area contributed by atoms with Crippen LogP contribution in [0.25, 0.3) is 0 Å². The number of carbonyl (C=O) groups excluding carboxylic acids is 1. The highest BCUT2D eigenvalue weighted by atomic mass is 19.1. The van der Waals surface area contributed by atoms with Gasteiger partial charge in [0.1, 0.15) is 24.0 Å². The SMILES string of the molecule is O=C(CC[C@H](O)CN1CCc2cc(OCc3cnco3)cc(F)c2C1)c1ccnc(NC2CCC2)c1. The molecule has 0 spiro atoms. The van der Waals surface area contributed by atoms with Crippen LogP contribution < -0.4 is 10.1 Å². The Morgan fingerprint density at radius 3 is 3.00 bits per heavy atom. The number of hydrogen-bond donors (Lipinski definition) is 2. The van der Waals surface area contributed by atoms with Gasteiger partial charge in [0, 0.05) is 55.5 Å². The molecule has 5 rings (SSSR count). The van der Waals surface area contributed by atoms with Gasteiger partial charge in [0.05, 0.1) is 12.3 Å². The molecule has 8 nitrogen and oxygen atoms in total. The molecule has 1 saturated carbocycles. The number of ketones is 1. The molecule has 1 aromatic carbocycles. The van der Waals surface area contributed by atoms with Crippen LogP contribution in [0.2, 0.25) is 0 Å². The summed E-state index contributed by atoms with van der Waals surface area (Å²) in [6.07, 6.45) is 8.62. The minimum absolute atomic E-state index is 0.0130. The monoisotopic (exact) mass is 494 g/mol. The van der Waals surface area contributed by atoms with Crippen molar-refractivity contribution in [1.82, 2.24) is 14.9 Å². The van der Waals surface area contributed by atoms with Crippen molar-refractivity contribution in [2.24, 2.45) is 0 Å². The maximum absolute atomic E-state index is 14.8. The van der Waals surface area contributed by atoms with Gasteiger partial charge >= 0.3 is 0 Å². The summed E-state index contributed by atoms with van der Waals surface area (Å²) in [5.41, 5.74) is 2.14. The summed E-state index contributed by atoms with van der Waals surface area (Å²) in [6, 6.07) is 7.21. The molecule has 1 aliphatic carbocycles. The van der Waals surface area contributed by atoms with Gasteiger partial charge in [-0.15, -0.1) is 0 Å². The third-order valence-corrected chi connectivity index (χ3v) is 6.92. The standard InChI is InChI=1S/C27H31FN4O4/c28-25-12-22(35-16-23-13-29-17-36-23)10-18-7-9-32(15-24(18)25)14-21(33)4-5-26(34)19-6-8-30-27(11-19)31-20-2-1-3-20/h6,8,10-13,17,20-21,33H,1-5,7,9,14-16H2,(H,30,31)/t21-/m0/s1. The topological polar surface area (TPSA) is 101 Å². The Balaban J connectivity index is 1.10. The molecule has 0 radical (unpaired) electrons. The van der Waals surface area contributed by atoms with Gasteiger partial charge in [0.15, 0.2) is 17.9 Å². The molecule has 0 bridgehead atoms. The zero-order chi connectivity index (χ0) is 24.9. The number of ether oxygens (including phenoxy) is 1. The van der Waals surface area contributed by atoms with Gasteiger partial charge in [0.25, 0.3) is 0 Å². The van der Waals surface area contributed by atoms with Crippen molar-refractivity contribution in [3.8, 4) is 5.75 Å². The predicted molar refractivity (Wildman–Crippen MR) is 131 cm³/mol. The van der Waals surface area contributed by atoms with E-state index in [0.717, 1.165) is 24.2 Å². The minimum atomic E-state index is -0.669. The number of oxazole rings is 1. The van der Waals surface area contributed by atoms with E-state index in [9.17, 15) is 14.3 Å². The van der Waals surface area contributed by atoms with Crippen LogP contribution in [0.1, 0.15) is 59.3 Å². The van der Waals surface area contributed by atoms with Crippen LogP contribution in [0, 0.1) is 5.82 Å². The maximum atomic E-state index is 14.8. The third-order valence-electron chi connectivity index (χ3n) is 6.92. The summed E-state index contributed by atoms with van der Waals surface area (Å²) in [5.74, 6) is 1.42. The maximum Gasteiger partial charge on any atom is 0.181 e. The van der Waals surface area contributed by atoms with Gasteiger partial charge in [-0.2, -0.15) is 0 Å². The van der Waals surface area contributed by atoms with Crippen LogP contribution in [0.15, 0.2) is 47.5 Å². The largest absolute Gasteiger partial charge is 0.485 e. The number of aliphatic hydroxyl groups excluding tert-OH is 1. The average molecular weight is 495 g/mol. The Labute approximate surface area is 209 Å². The Morgan fingerprint density at radius 1 is 1.33 bits per heavy atom. The number of aromatic nitrogens is 2. The summed E-state index contributed by atoms with van der Waals surface area (Å²) in [4.78, 5) is 22.9. The zero-order valence-electron chi connectivity index (χ0n) is 20.2. The Hall–Kier alpha value is -3.30. The first-order valence-electron chi connectivity index (χ1n) is 12.5. The lowest BCUT2D eigenvalue weighted by Crippen LogP contribution is -2.37. The van der Waals surface area contributed by atoms with Crippen molar-refractivity contribution in [3.63, 3.8) is 0 Å². The van der Waals surface area contributed by atoms with Gasteiger partial charge in [-0.05, 0) is 55.9 Å². The van der Waals surface area contributed by atoms with E-state index in [1.165, 1.54) is 18.9 Å². The predicted octanol–water partition coefficient (Wildman–Crippen LogP) is 4.13. The number of anilines is 1. The molecule has 0 amide bonds. The molecule has 3 heterocycles. The quantitative estimate of drug-likeness (QED) is 0.384. The summed E-state index contributed by atoms with van der Waals surface area (Å²) >= 11 is 0. The number of carbonyl (C=O) groups is 1. The van der Waals surface area contributed by atoms with Crippen LogP contribution in [-0.4, -0.2) is 51.0 Å². The number of nitrogens with one attached hydrogen (secondary N) is 1. The lowest BCUT2D eigenvalue weighted by atomic mass is 9.93. The van der Waals surface area contributed by atoms with E-state index >= 15 is 0 Å². The molecule has 3 aromatic rings. The normalized spacial score (nSPS) is 16.7. The van der Waals surface area contributed by atoms with Gasteiger partial charge in [-0.3, -0.25) is 9.69 Å². The van der Waals surface area contributed by atoms with E-state index in [2.05, 4.69) is 15.3 Å². The number of nitrogens with zero attached hydrogens (tertiary/aromatic N) is 3. The van der Waals surface area contributed by atoms with E-state index in [0.29, 0.717) is 61.2 Å². The van der Waals surface area contributed by atoms with Crippen molar-refractivity contribution >= 4 is 11.6 Å². The van der Waals surface area contributed by atoms with Crippen molar-refractivity contribution in [1.29, 1.82) is 0 Å². The first-order chi connectivity index (χ1) is 17.5. The number of hydrogen-bond acceptors (Lipinski definition) is 8. The molecule has 9 heteroatoms. The highest BCUT2D eigenvalue weighted by molar-refractivity contribution is 5.96. The molecule has 2 aliphatic rings. The molecular weight excluding hydrogens is 463 g/mol. The van der Waals surface area contributed by atoms with Gasteiger partial charge in [0.2, 0.25) is 0 Å². The number of benzene rings is 1. The molecule has 1 fully saturated rings. The fourth-order valence-corrected chi connectivity index (χ4v) is 4.63. The molecule has 1 atom stereocenters. The second kappa shape index (κ2) is 11.2. The number of aliphatic hydroxyl groups is 1. The number of fused-ring (bicyclic) bond motifs is 1. The summed E-state index contributed by atoms with van der Waals surface area (Å²) in [6.45, 7) is 1.69. The van der Waals surface area contributed by atoms with Gasteiger partial charge < -0.3 is 19.6 Å². The Kier molecular flexibility index (Phi) is 7.58. The fraction of sp³-hybridized carbons (Fsp3) is 0.444. The molecule has 0 unspecified atom stereocenters.